The zero-order chi connectivity index (χ0) is 15.2. The lowest BCUT2D eigenvalue weighted by atomic mass is 10.1. The average molecular weight is 285 g/mol. The van der Waals surface area contributed by atoms with E-state index in [4.69, 9.17) is 5.11 Å². The Labute approximate surface area is 124 Å². The summed E-state index contributed by atoms with van der Waals surface area (Å²) in [6.07, 6.45) is 1.46. The van der Waals surface area contributed by atoms with Crippen LogP contribution in [-0.2, 0) is 6.42 Å². The average Bonchev–Trinajstić information content (AvgIpc) is 2.45. The van der Waals surface area contributed by atoms with Crippen LogP contribution < -0.4 is 5.32 Å². The molecule has 0 saturated heterocycles. The Kier molecular flexibility index (Phi) is 4.87. The molecule has 2 rings (SSSR count). The van der Waals surface area contributed by atoms with E-state index in [1.54, 1.807) is 0 Å². The van der Waals surface area contributed by atoms with Crippen molar-refractivity contribution in [2.75, 3.05) is 11.9 Å². The van der Waals surface area contributed by atoms with E-state index in [9.17, 15) is 4.79 Å². The van der Waals surface area contributed by atoms with Crippen LogP contribution in [0.25, 0.3) is 0 Å². The van der Waals surface area contributed by atoms with E-state index in [0.29, 0.717) is 18.1 Å². The number of nitrogens with one attached hydrogen (secondary N) is 1. The molecule has 1 aromatic carbocycles. The van der Waals surface area contributed by atoms with Crippen molar-refractivity contribution in [2.24, 2.45) is 0 Å². The number of hydrogen-bond acceptors (Lipinski definition) is 4. The van der Waals surface area contributed by atoms with Crippen molar-refractivity contribution in [3.63, 3.8) is 0 Å². The number of carboxylic acids is 1. The zero-order valence-corrected chi connectivity index (χ0v) is 12.3. The minimum absolute atomic E-state index is 0.0197. The smallest absolute Gasteiger partial charge is 0.354 e. The molecule has 0 aliphatic heterocycles. The molecule has 5 heteroatoms. The summed E-state index contributed by atoms with van der Waals surface area (Å²) in [7, 11) is 0. The van der Waals surface area contributed by atoms with Crippen LogP contribution in [0.1, 0.15) is 40.8 Å². The Balaban J connectivity index is 2.28. The second kappa shape index (κ2) is 6.83. The van der Waals surface area contributed by atoms with Crippen LogP contribution in [0.2, 0.25) is 0 Å². The van der Waals surface area contributed by atoms with Gasteiger partial charge < -0.3 is 10.4 Å². The molecule has 110 valence electrons. The number of nitrogens with zero attached hydrogens (tertiary/aromatic N) is 2. The van der Waals surface area contributed by atoms with Crippen molar-refractivity contribution in [1.29, 1.82) is 0 Å². The minimum atomic E-state index is -1.04. The summed E-state index contributed by atoms with van der Waals surface area (Å²) in [6.45, 7) is 4.81. The van der Waals surface area contributed by atoms with Crippen molar-refractivity contribution in [1.82, 2.24) is 9.97 Å². The molecule has 0 fully saturated rings. The molecule has 0 spiro atoms. The Morgan fingerprint density at radius 3 is 2.76 bits per heavy atom. The molecule has 0 unspecified atom stereocenters. The molecule has 5 nitrogen and oxygen atoms in total. The number of aromatic nitrogens is 2. The SMILES string of the molecule is CCCNc1cc(C(=O)O)nc(Cc2cccc(C)c2)n1. The van der Waals surface area contributed by atoms with Gasteiger partial charge in [-0.2, -0.15) is 0 Å². The first-order valence-electron chi connectivity index (χ1n) is 6.99. The zero-order valence-electron chi connectivity index (χ0n) is 12.3. The topological polar surface area (TPSA) is 75.1 Å². The summed E-state index contributed by atoms with van der Waals surface area (Å²) in [5.74, 6) is 0.0356. The van der Waals surface area contributed by atoms with Crippen LogP contribution in [0.3, 0.4) is 0 Å². The Bertz CT molecular complexity index is 641. The highest BCUT2D eigenvalue weighted by Gasteiger charge is 2.10. The fourth-order valence-corrected chi connectivity index (χ4v) is 2.03. The molecule has 2 aromatic rings. The van der Waals surface area contributed by atoms with Crippen LogP contribution >= 0.6 is 0 Å². The fourth-order valence-electron chi connectivity index (χ4n) is 2.03. The summed E-state index contributed by atoms with van der Waals surface area (Å²) in [6, 6.07) is 9.50. The molecule has 1 aromatic heterocycles. The van der Waals surface area contributed by atoms with E-state index in [1.165, 1.54) is 6.07 Å². The van der Waals surface area contributed by atoms with E-state index in [2.05, 4.69) is 21.4 Å². The van der Waals surface area contributed by atoms with Gasteiger partial charge in [0.05, 0.1) is 0 Å². The molecule has 0 radical (unpaired) electrons. The third-order valence-electron chi connectivity index (χ3n) is 2.99. The number of hydrogen-bond donors (Lipinski definition) is 2. The van der Waals surface area contributed by atoms with Gasteiger partial charge in [-0.05, 0) is 18.9 Å². The first kappa shape index (κ1) is 15.0. The minimum Gasteiger partial charge on any atom is -0.477 e. The van der Waals surface area contributed by atoms with Crippen molar-refractivity contribution < 1.29 is 9.90 Å². The van der Waals surface area contributed by atoms with E-state index < -0.39 is 5.97 Å². The molecule has 1 heterocycles. The lowest BCUT2D eigenvalue weighted by Crippen LogP contribution is -2.10. The van der Waals surface area contributed by atoms with Gasteiger partial charge in [0.2, 0.25) is 0 Å². The molecular weight excluding hydrogens is 266 g/mol. The number of anilines is 1. The van der Waals surface area contributed by atoms with Crippen molar-refractivity contribution in [3.05, 3.63) is 53.0 Å². The van der Waals surface area contributed by atoms with Crippen LogP contribution in [0.4, 0.5) is 5.82 Å². The lowest BCUT2D eigenvalue weighted by Gasteiger charge is -2.08. The molecule has 0 amide bonds. The number of benzene rings is 1. The number of aryl methyl sites for hydroxylation is 1. The summed E-state index contributed by atoms with van der Waals surface area (Å²) < 4.78 is 0. The number of rotatable bonds is 6. The third kappa shape index (κ3) is 4.27. The van der Waals surface area contributed by atoms with E-state index in [1.807, 2.05) is 32.0 Å². The van der Waals surface area contributed by atoms with Crippen molar-refractivity contribution in [3.8, 4) is 0 Å². The highest BCUT2D eigenvalue weighted by Crippen LogP contribution is 2.12. The molecule has 0 atom stereocenters. The van der Waals surface area contributed by atoms with Gasteiger partial charge in [0.15, 0.2) is 5.69 Å². The largest absolute Gasteiger partial charge is 0.477 e. The Morgan fingerprint density at radius 1 is 1.29 bits per heavy atom. The monoisotopic (exact) mass is 285 g/mol. The van der Waals surface area contributed by atoms with Gasteiger partial charge in [0.1, 0.15) is 11.6 Å². The molecule has 2 N–H and O–H groups in total. The van der Waals surface area contributed by atoms with Gasteiger partial charge in [-0.3, -0.25) is 0 Å². The standard InChI is InChI=1S/C16H19N3O2/c1-3-7-17-14-10-13(16(20)21)18-15(19-14)9-12-6-4-5-11(2)8-12/h4-6,8,10H,3,7,9H2,1-2H3,(H,20,21)(H,17,18,19). The first-order valence-corrected chi connectivity index (χ1v) is 6.99. The van der Waals surface area contributed by atoms with Gasteiger partial charge in [-0.1, -0.05) is 36.8 Å². The summed E-state index contributed by atoms with van der Waals surface area (Å²) in [5.41, 5.74) is 2.25. The molecule has 0 aliphatic rings. The highest BCUT2D eigenvalue weighted by atomic mass is 16.4. The van der Waals surface area contributed by atoms with Gasteiger partial charge in [0, 0.05) is 19.0 Å². The van der Waals surface area contributed by atoms with Crippen molar-refractivity contribution >= 4 is 11.8 Å². The predicted molar refractivity (Wildman–Crippen MR) is 81.8 cm³/mol. The maximum Gasteiger partial charge on any atom is 0.354 e. The highest BCUT2D eigenvalue weighted by molar-refractivity contribution is 5.86. The lowest BCUT2D eigenvalue weighted by molar-refractivity contribution is 0.0690. The van der Waals surface area contributed by atoms with Gasteiger partial charge >= 0.3 is 5.97 Å². The number of carbonyl (C=O) groups is 1. The number of aromatic carboxylic acids is 1. The summed E-state index contributed by atoms with van der Waals surface area (Å²) >= 11 is 0. The molecule has 0 bridgehead atoms. The molecule has 21 heavy (non-hydrogen) atoms. The van der Waals surface area contributed by atoms with E-state index in [0.717, 1.165) is 24.1 Å². The van der Waals surface area contributed by atoms with Crippen molar-refractivity contribution in [2.45, 2.75) is 26.7 Å². The molecular formula is C16H19N3O2. The predicted octanol–water partition coefficient (Wildman–Crippen LogP) is 2.90. The normalized spacial score (nSPS) is 10.4. The molecule has 0 aliphatic carbocycles. The second-order valence-corrected chi connectivity index (χ2v) is 4.95. The quantitative estimate of drug-likeness (QED) is 0.853. The van der Waals surface area contributed by atoms with Crippen LogP contribution in [0, 0.1) is 6.92 Å². The van der Waals surface area contributed by atoms with Crippen LogP contribution in [0.15, 0.2) is 30.3 Å². The van der Waals surface area contributed by atoms with Gasteiger partial charge in [-0.15, -0.1) is 0 Å². The van der Waals surface area contributed by atoms with E-state index >= 15 is 0 Å². The Morgan fingerprint density at radius 2 is 2.10 bits per heavy atom. The van der Waals surface area contributed by atoms with Crippen LogP contribution in [-0.4, -0.2) is 27.6 Å². The summed E-state index contributed by atoms with van der Waals surface area (Å²) in [5, 5.41) is 12.3. The maximum atomic E-state index is 11.2. The fraction of sp³-hybridized carbons (Fsp3) is 0.312. The van der Waals surface area contributed by atoms with Crippen LogP contribution in [0.5, 0.6) is 0 Å². The number of carboxylic acid groups (broad SMARTS) is 1. The molecule has 0 saturated carbocycles. The third-order valence-corrected chi connectivity index (χ3v) is 2.99. The van der Waals surface area contributed by atoms with Gasteiger partial charge in [0.25, 0.3) is 0 Å². The second-order valence-electron chi connectivity index (χ2n) is 4.95. The first-order chi connectivity index (χ1) is 10.1. The van der Waals surface area contributed by atoms with Gasteiger partial charge in [-0.25, -0.2) is 14.8 Å². The maximum absolute atomic E-state index is 11.2. The Hall–Kier alpha value is -2.43. The summed E-state index contributed by atoms with van der Waals surface area (Å²) in [4.78, 5) is 19.7. The van der Waals surface area contributed by atoms with E-state index in [-0.39, 0.29) is 5.69 Å².